The summed E-state index contributed by atoms with van der Waals surface area (Å²) in [6.07, 6.45) is 2.67. The number of aryl methyl sites for hydroxylation is 2. The lowest BCUT2D eigenvalue weighted by molar-refractivity contribution is 0.171. The molecular formula is C20H23NO4S. The quantitative estimate of drug-likeness (QED) is 0.893. The molecule has 1 N–H and O–H groups in total. The van der Waals surface area contributed by atoms with Crippen LogP contribution in [0, 0.1) is 6.92 Å². The van der Waals surface area contributed by atoms with Gasteiger partial charge >= 0.3 is 0 Å². The molecule has 2 aromatic carbocycles. The second-order valence-corrected chi connectivity index (χ2v) is 8.76. The molecule has 0 spiro atoms. The number of hydrogen-bond donors (Lipinski definition) is 1. The van der Waals surface area contributed by atoms with Gasteiger partial charge in [-0.05, 0) is 55.0 Å². The Morgan fingerprint density at radius 3 is 2.65 bits per heavy atom. The van der Waals surface area contributed by atoms with E-state index in [2.05, 4.69) is 4.72 Å². The molecule has 0 saturated heterocycles. The topological polar surface area (TPSA) is 64.6 Å². The van der Waals surface area contributed by atoms with Gasteiger partial charge in [0, 0.05) is 6.04 Å². The maximum Gasteiger partial charge on any atom is 0.216 e. The number of benzene rings is 2. The monoisotopic (exact) mass is 373 g/mol. The van der Waals surface area contributed by atoms with Gasteiger partial charge in [-0.25, -0.2) is 13.1 Å². The van der Waals surface area contributed by atoms with Crippen LogP contribution in [0.25, 0.3) is 0 Å². The Balaban J connectivity index is 1.57. The molecule has 4 rings (SSSR count). The average molecular weight is 373 g/mol. The molecular weight excluding hydrogens is 350 g/mol. The van der Waals surface area contributed by atoms with Crippen LogP contribution < -0.4 is 14.2 Å². The maximum atomic E-state index is 12.7. The zero-order valence-electron chi connectivity index (χ0n) is 14.8. The third kappa shape index (κ3) is 3.71. The van der Waals surface area contributed by atoms with Gasteiger partial charge < -0.3 is 9.47 Å². The molecule has 1 aliphatic heterocycles. The summed E-state index contributed by atoms with van der Waals surface area (Å²) in [5.74, 6) is 1.46. The van der Waals surface area contributed by atoms with Gasteiger partial charge in [-0.1, -0.05) is 29.8 Å². The molecule has 0 bridgehead atoms. The van der Waals surface area contributed by atoms with Crippen molar-refractivity contribution < 1.29 is 17.9 Å². The molecule has 0 amide bonds. The van der Waals surface area contributed by atoms with Crippen LogP contribution in [0.1, 0.15) is 41.1 Å². The molecule has 0 saturated carbocycles. The van der Waals surface area contributed by atoms with Crippen LogP contribution in [0.3, 0.4) is 0 Å². The molecule has 26 heavy (non-hydrogen) atoms. The number of hydrogen-bond acceptors (Lipinski definition) is 4. The van der Waals surface area contributed by atoms with Gasteiger partial charge in [0.25, 0.3) is 0 Å². The summed E-state index contributed by atoms with van der Waals surface area (Å²) in [7, 11) is -3.44. The SMILES string of the molecule is Cc1cccc(CS(=O)(=O)NC2CCCc3cc4c(cc32)OCCO4)c1. The second kappa shape index (κ2) is 6.93. The smallest absolute Gasteiger partial charge is 0.216 e. The summed E-state index contributed by atoms with van der Waals surface area (Å²) >= 11 is 0. The van der Waals surface area contributed by atoms with Crippen LogP contribution in [0.2, 0.25) is 0 Å². The third-order valence-corrected chi connectivity index (χ3v) is 6.24. The van der Waals surface area contributed by atoms with Gasteiger partial charge in [0.05, 0.1) is 5.75 Å². The second-order valence-electron chi connectivity index (χ2n) is 7.01. The first-order valence-electron chi connectivity index (χ1n) is 8.98. The highest BCUT2D eigenvalue weighted by Gasteiger charge is 2.27. The van der Waals surface area contributed by atoms with Gasteiger partial charge in [0.2, 0.25) is 10.0 Å². The number of fused-ring (bicyclic) bond motifs is 2. The normalized spacial score (nSPS) is 19.0. The summed E-state index contributed by atoms with van der Waals surface area (Å²) in [6.45, 7) is 3.04. The van der Waals surface area contributed by atoms with E-state index in [4.69, 9.17) is 9.47 Å². The predicted molar refractivity (Wildman–Crippen MR) is 100 cm³/mol. The predicted octanol–water partition coefficient (Wildman–Crippen LogP) is 3.26. The molecule has 1 aliphatic carbocycles. The van der Waals surface area contributed by atoms with Crippen molar-refractivity contribution in [1.82, 2.24) is 4.72 Å². The van der Waals surface area contributed by atoms with Crippen LogP contribution in [-0.2, 0) is 22.2 Å². The van der Waals surface area contributed by atoms with E-state index in [9.17, 15) is 8.42 Å². The molecule has 0 radical (unpaired) electrons. The van der Waals surface area contributed by atoms with Crippen molar-refractivity contribution in [3.8, 4) is 11.5 Å². The zero-order valence-corrected chi connectivity index (χ0v) is 15.6. The van der Waals surface area contributed by atoms with Crippen molar-refractivity contribution in [2.45, 2.75) is 38.0 Å². The minimum absolute atomic E-state index is 0.00886. The van der Waals surface area contributed by atoms with E-state index >= 15 is 0 Å². The van der Waals surface area contributed by atoms with Crippen molar-refractivity contribution >= 4 is 10.0 Å². The third-order valence-electron chi connectivity index (χ3n) is 4.88. The van der Waals surface area contributed by atoms with E-state index in [1.807, 2.05) is 43.3 Å². The number of sulfonamides is 1. The highest BCUT2D eigenvalue weighted by Crippen LogP contribution is 2.39. The number of rotatable bonds is 4. The minimum Gasteiger partial charge on any atom is -0.486 e. The highest BCUT2D eigenvalue weighted by atomic mass is 32.2. The van der Waals surface area contributed by atoms with Gasteiger partial charge in [-0.15, -0.1) is 0 Å². The van der Waals surface area contributed by atoms with Gasteiger partial charge in [-0.3, -0.25) is 0 Å². The van der Waals surface area contributed by atoms with E-state index in [0.717, 1.165) is 47.3 Å². The fourth-order valence-electron chi connectivity index (χ4n) is 3.74. The Morgan fingerprint density at radius 2 is 1.88 bits per heavy atom. The van der Waals surface area contributed by atoms with Crippen molar-refractivity contribution in [1.29, 1.82) is 0 Å². The Kier molecular flexibility index (Phi) is 4.63. The molecule has 1 atom stereocenters. The standard InChI is InChI=1S/C20H23NO4S/c1-14-4-2-5-15(10-14)13-26(22,23)21-18-7-3-6-16-11-19-20(12-17(16)18)25-9-8-24-19/h2,4-5,10-12,18,21H,3,6-9,13H2,1H3. The Morgan fingerprint density at radius 1 is 1.12 bits per heavy atom. The van der Waals surface area contributed by atoms with E-state index in [1.165, 1.54) is 0 Å². The molecule has 6 heteroatoms. The lowest BCUT2D eigenvalue weighted by Gasteiger charge is -2.29. The number of nitrogens with one attached hydrogen (secondary N) is 1. The van der Waals surface area contributed by atoms with Crippen molar-refractivity contribution in [2.75, 3.05) is 13.2 Å². The van der Waals surface area contributed by atoms with Gasteiger partial charge in [0.15, 0.2) is 11.5 Å². The van der Waals surface area contributed by atoms with E-state index in [-0.39, 0.29) is 11.8 Å². The largest absolute Gasteiger partial charge is 0.486 e. The van der Waals surface area contributed by atoms with Crippen LogP contribution in [0.4, 0.5) is 0 Å². The van der Waals surface area contributed by atoms with Crippen molar-refractivity contribution in [3.63, 3.8) is 0 Å². The summed E-state index contributed by atoms with van der Waals surface area (Å²) < 4.78 is 39.7. The Hall–Kier alpha value is -2.05. The fraction of sp³-hybridized carbons (Fsp3) is 0.400. The Bertz CT molecular complexity index is 923. The molecule has 2 aromatic rings. The molecule has 138 valence electrons. The zero-order chi connectivity index (χ0) is 18.1. The van der Waals surface area contributed by atoms with Crippen LogP contribution in [0.15, 0.2) is 36.4 Å². The first kappa shape index (κ1) is 17.4. The first-order valence-corrected chi connectivity index (χ1v) is 10.6. The molecule has 5 nitrogen and oxygen atoms in total. The molecule has 1 unspecified atom stereocenters. The fourth-order valence-corrected chi connectivity index (χ4v) is 5.12. The van der Waals surface area contributed by atoms with E-state index in [0.29, 0.717) is 19.0 Å². The van der Waals surface area contributed by atoms with E-state index < -0.39 is 10.0 Å². The van der Waals surface area contributed by atoms with Crippen molar-refractivity contribution in [2.24, 2.45) is 0 Å². The molecule has 1 heterocycles. The van der Waals surface area contributed by atoms with Gasteiger partial charge in [-0.2, -0.15) is 0 Å². The highest BCUT2D eigenvalue weighted by molar-refractivity contribution is 7.88. The number of ether oxygens (including phenoxy) is 2. The van der Waals surface area contributed by atoms with Gasteiger partial charge in [0.1, 0.15) is 13.2 Å². The van der Waals surface area contributed by atoms with Crippen LogP contribution >= 0.6 is 0 Å². The van der Waals surface area contributed by atoms with E-state index in [1.54, 1.807) is 0 Å². The summed E-state index contributed by atoms with van der Waals surface area (Å²) in [4.78, 5) is 0. The summed E-state index contributed by atoms with van der Waals surface area (Å²) in [5, 5.41) is 0. The first-order chi connectivity index (χ1) is 12.5. The molecule has 2 aliphatic rings. The summed E-state index contributed by atoms with van der Waals surface area (Å²) in [6, 6.07) is 11.3. The Labute approximate surface area is 154 Å². The lowest BCUT2D eigenvalue weighted by Crippen LogP contribution is -2.32. The summed E-state index contributed by atoms with van der Waals surface area (Å²) in [5.41, 5.74) is 4.01. The van der Waals surface area contributed by atoms with Crippen LogP contribution in [0.5, 0.6) is 11.5 Å². The average Bonchev–Trinajstić information content (AvgIpc) is 2.60. The lowest BCUT2D eigenvalue weighted by atomic mass is 9.88. The molecule has 0 fully saturated rings. The maximum absolute atomic E-state index is 12.7. The minimum atomic E-state index is -3.44. The molecule has 0 aromatic heterocycles. The van der Waals surface area contributed by atoms with Crippen LogP contribution in [-0.4, -0.2) is 21.6 Å². The van der Waals surface area contributed by atoms with Crippen molar-refractivity contribution in [3.05, 3.63) is 58.7 Å².